The molecule has 96 valence electrons. The number of hydrogen-bond acceptors (Lipinski definition) is 3. The Morgan fingerprint density at radius 1 is 1.44 bits per heavy atom. The molecular formula is C14H18FN3. The minimum atomic E-state index is -0.474. The van der Waals surface area contributed by atoms with Gasteiger partial charge in [-0.3, -0.25) is 4.99 Å². The molecule has 3 nitrogen and oxygen atoms in total. The molecule has 0 bridgehead atoms. The van der Waals surface area contributed by atoms with Crippen molar-refractivity contribution in [3.05, 3.63) is 41.3 Å². The van der Waals surface area contributed by atoms with E-state index < -0.39 is 5.66 Å². The molecule has 1 aromatic rings. The van der Waals surface area contributed by atoms with Crippen molar-refractivity contribution in [2.75, 3.05) is 0 Å². The summed E-state index contributed by atoms with van der Waals surface area (Å²) in [5.74, 6) is -0.194. The van der Waals surface area contributed by atoms with Crippen molar-refractivity contribution in [3.8, 4) is 0 Å². The highest BCUT2D eigenvalue weighted by atomic mass is 19.1. The Bertz CT molecular complexity index is 520. The molecule has 1 aromatic carbocycles. The number of hydrogen-bond donors (Lipinski definition) is 2. The molecule has 0 saturated carbocycles. The minimum Gasteiger partial charge on any atom is -0.366 e. The van der Waals surface area contributed by atoms with E-state index in [1.807, 2.05) is 26.1 Å². The van der Waals surface area contributed by atoms with Gasteiger partial charge in [0.25, 0.3) is 0 Å². The summed E-state index contributed by atoms with van der Waals surface area (Å²) in [5, 5.41) is 3.20. The fourth-order valence-corrected chi connectivity index (χ4v) is 1.73. The van der Waals surface area contributed by atoms with E-state index in [9.17, 15) is 4.39 Å². The molecule has 0 amide bonds. The van der Waals surface area contributed by atoms with E-state index in [0.29, 0.717) is 5.56 Å². The smallest absolute Gasteiger partial charge is 0.141 e. The third-order valence-electron chi connectivity index (χ3n) is 3.37. The highest BCUT2D eigenvalue weighted by Gasteiger charge is 2.28. The van der Waals surface area contributed by atoms with Gasteiger partial charge < -0.3 is 11.1 Å². The van der Waals surface area contributed by atoms with E-state index in [1.54, 1.807) is 19.2 Å². The molecule has 1 aliphatic heterocycles. The van der Waals surface area contributed by atoms with Crippen molar-refractivity contribution in [1.29, 1.82) is 0 Å². The average Bonchev–Trinajstić information content (AvgIpc) is 2.34. The zero-order chi connectivity index (χ0) is 13.3. The van der Waals surface area contributed by atoms with Crippen LogP contribution in [0, 0.1) is 12.7 Å². The Kier molecular flexibility index (Phi) is 3.22. The first-order valence-corrected chi connectivity index (χ1v) is 5.97. The second-order valence-corrected chi connectivity index (χ2v) is 4.90. The van der Waals surface area contributed by atoms with Crippen LogP contribution in [-0.4, -0.2) is 17.9 Å². The Hall–Kier alpha value is -1.68. The van der Waals surface area contributed by atoms with Crippen molar-refractivity contribution in [1.82, 2.24) is 5.32 Å². The Balaban J connectivity index is 2.25. The number of aliphatic imine (C=N–C) groups is 1. The van der Waals surface area contributed by atoms with E-state index in [-0.39, 0.29) is 11.9 Å². The van der Waals surface area contributed by atoms with E-state index in [1.165, 1.54) is 6.07 Å². The normalized spacial score (nSPS) is 24.4. The van der Waals surface area contributed by atoms with Gasteiger partial charge in [-0.25, -0.2) is 4.39 Å². The fraction of sp³-hybridized carbons (Fsp3) is 0.357. The fourth-order valence-electron chi connectivity index (χ4n) is 1.73. The van der Waals surface area contributed by atoms with E-state index in [0.717, 1.165) is 11.1 Å². The predicted octanol–water partition coefficient (Wildman–Crippen LogP) is 2.21. The Morgan fingerprint density at radius 3 is 2.67 bits per heavy atom. The summed E-state index contributed by atoms with van der Waals surface area (Å²) in [6, 6.07) is 4.93. The van der Waals surface area contributed by atoms with Crippen molar-refractivity contribution >= 4 is 11.8 Å². The van der Waals surface area contributed by atoms with Crippen LogP contribution < -0.4 is 11.1 Å². The molecule has 2 unspecified atom stereocenters. The standard InChI is InChI=1S/C14H18FN3/c1-9-6-11(4-5-13(9)15)12-7-17-14(3,10(2)16)18-8-12/h4-8,10,17H,16H2,1-3H3. The number of halogens is 1. The lowest BCUT2D eigenvalue weighted by atomic mass is 10.0. The maximum atomic E-state index is 13.2. The molecule has 0 radical (unpaired) electrons. The summed E-state index contributed by atoms with van der Waals surface area (Å²) in [7, 11) is 0. The first-order valence-electron chi connectivity index (χ1n) is 5.97. The second kappa shape index (κ2) is 4.53. The molecule has 2 atom stereocenters. The van der Waals surface area contributed by atoms with Gasteiger partial charge in [0.15, 0.2) is 0 Å². The topological polar surface area (TPSA) is 50.4 Å². The van der Waals surface area contributed by atoms with Crippen LogP contribution >= 0.6 is 0 Å². The van der Waals surface area contributed by atoms with Gasteiger partial charge in [0, 0.05) is 24.0 Å². The highest BCUT2D eigenvalue weighted by molar-refractivity contribution is 6.10. The third-order valence-corrected chi connectivity index (χ3v) is 3.37. The van der Waals surface area contributed by atoms with Gasteiger partial charge in [-0.15, -0.1) is 0 Å². The van der Waals surface area contributed by atoms with Crippen molar-refractivity contribution in [3.63, 3.8) is 0 Å². The van der Waals surface area contributed by atoms with Gasteiger partial charge in [-0.2, -0.15) is 0 Å². The SMILES string of the molecule is Cc1cc(C2=CNC(C)(C(C)N)N=C2)ccc1F. The number of benzene rings is 1. The largest absolute Gasteiger partial charge is 0.366 e. The van der Waals surface area contributed by atoms with E-state index in [4.69, 9.17) is 5.73 Å². The molecule has 4 heteroatoms. The lowest BCUT2D eigenvalue weighted by molar-refractivity contribution is 0.356. The van der Waals surface area contributed by atoms with E-state index in [2.05, 4.69) is 10.3 Å². The first kappa shape index (κ1) is 12.8. The molecule has 0 aliphatic carbocycles. The van der Waals surface area contributed by atoms with Crippen LogP contribution in [0.1, 0.15) is 25.0 Å². The maximum Gasteiger partial charge on any atom is 0.141 e. The van der Waals surface area contributed by atoms with Gasteiger partial charge in [-0.1, -0.05) is 6.07 Å². The number of allylic oxidation sites excluding steroid dienone is 1. The molecular weight excluding hydrogens is 229 g/mol. The van der Waals surface area contributed by atoms with Crippen LogP contribution in [0.2, 0.25) is 0 Å². The third kappa shape index (κ3) is 2.29. The summed E-state index contributed by atoms with van der Waals surface area (Å²) in [6.07, 6.45) is 3.66. The minimum absolute atomic E-state index is 0.0958. The number of aryl methyl sites for hydroxylation is 1. The molecule has 0 aromatic heterocycles. The zero-order valence-electron chi connectivity index (χ0n) is 10.9. The van der Waals surface area contributed by atoms with Crippen LogP contribution in [0.25, 0.3) is 5.57 Å². The highest BCUT2D eigenvalue weighted by Crippen LogP contribution is 2.21. The summed E-state index contributed by atoms with van der Waals surface area (Å²) in [6.45, 7) is 5.60. The molecule has 2 rings (SSSR count). The van der Waals surface area contributed by atoms with Crippen molar-refractivity contribution in [2.24, 2.45) is 10.7 Å². The molecule has 3 N–H and O–H groups in total. The van der Waals surface area contributed by atoms with Crippen molar-refractivity contribution in [2.45, 2.75) is 32.5 Å². The molecule has 1 heterocycles. The van der Waals surface area contributed by atoms with Crippen molar-refractivity contribution < 1.29 is 4.39 Å². The Morgan fingerprint density at radius 2 is 2.17 bits per heavy atom. The van der Waals surface area contributed by atoms with Crippen LogP contribution in [0.15, 0.2) is 29.4 Å². The second-order valence-electron chi connectivity index (χ2n) is 4.90. The quantitative estimate of drug-likeness (QED) is 0.842. The predicted molar refractivity (Wildman–Crippen MR) is 72.8 cm³/mol. The number of nitrogens with two attached hydrogens (primary N) is 1. The lowest BCUT2D eigenvalue weighted by Crippen LogP contribution is -2.52. The van der Waals surface area contributed by atoms with Gasteiger partial charge in [0.2, 0.25) is 0 Å². The molecule has 18 heavy (non-hydrogen) atoms. The van der Waals surface area contributed by atoms with Crippen LogP contribution in [0.4, 0.5) is 4.39 Å². The van der Waals surface area contributed by atoms with E-state index >= 15 is 0 Å². The molecule has 0 saturated heterocycles. The van der Waals surface area contributed by atoms with Crippen LogP contribution in [0.3, 0.4) is 0 Å². The van der Waals surface area contributed by atoms with Gasteiger partial charge in [-0.05, 0) is 44.0 Å². The lowest BCUT2D eigenvalue weighted by Gasteiger charge is -2.32. The molecule has 0 fully saturated rings. The van der Waals surface area contributed by atoms with Gasteiger partial charge >= 0.3 is 0 Å². The maximum absolute atomic E-state index is 13.2. The summed E-state index contributed by atoms with van der Waals surface area (Å²) in [4.78, 5) is 4.45. The summed E-state index contributed by atoms with van der Waals surface area (Å²) in [5.41, 5.74) is 7.90. The number of nitrogens with one attached hydrogen (secondary N) is 1. The van der Waals surface area contributed by atoms with Gasteiger partial charge in [0.1, 0.15) is 11.5 Å². The Labute approximate surface area is 107 Å². The number of nitrogens with zero attached hydrogens (tertiary/aromatic N) is 1. The number of rotatable bonds is 2. The van der Waals surface area contributed by atoms with Gasteiger partial charge in [0.05, 0.1) is 0 Å². The molecule has 0 spiro atoms. The first-order chi connectivity index (χ1) is 8.42. The zero-order valence-corrected chi connectivity index (χ0v) is 10.9. The summed E-state index contributed by atoms with van der Waals surface area (Å²) >= 11 is 0. The molecule has 1 aliphatic rings. The summed E-state index contributed by atoms with van der Waals surface area (Å²) < 4.78 is 13.2. The van der Waals surface area contributed by atoms with Crippen LogP contribution in [0.5, 0.6) is 0 Å². The van der Waals surface area contributed by atoms with Crippen LogP contribution in [-0.2, 0) is 0 Å². The monoisotopic (exact) mass is 247 g/mol. The average molecular weight is 247 g/mol.